The molecule has 3 nitrogen and oxygen atoms in total. The Morgan fingerprint density at radius 3 is 2.23 bits per heavy atom. The molecule has 1 unspecified atom stereocenters. The van der Waals surface area contributed by atoms with E-state index in [1.54, 1.807) is 6.20 Å². The topological polar surface area (TPSA) is 42.0 Å². The van der Waals surface area contributed by atoms with Crippen molar-refractivity contribution in [3.63, 3.8) is 0 Å². The predicted octanol–water partition coefficient (Wildman–Crippen LogP) is 5.82. The maximum absolute atomic E-state index is 12.4. The highest BCUT2D eigenvalue weighted by atomic mass is 16.1. The van der Waals surface area contributed by atoms with Crippen molar-refractivity contribution >= 4 is 11.5 Å². The summed E-state index contributed by atoms with van der Waals surface area (Å²) >= 11 is 0. The van der Waals surface area contributed by atoms with E-state index >= 15 is 0 Å². The molecule has 0 radical (unpaired) electrons. The first-order valence-electron chi connectivity index (χ1n) is 10.7. The molecular weight excluding hydrogens is 368 g/mol. The summed E-state index contributed by atoms with van der Waals surface area (Å²) in [6.45, 7) is 2.08. The van der Waals surface area contributed by atoms with Crippen molar-refractivity contribution in [2.24, 2.45) is 0 Å². The van der Waals surface area contributed by atoms with Crippen molar-refractivity contribution in [1.82, 2.24) is 10.3 Å². The molecule has 0 aliphatic rings. The fourth-order valence-electron chi connectivity index (χ4n) is 3.56. The second-order valence-corrected chi connectivity index (χ2v) is 7.61. The molecule has 0 aliphatic heterocycles. The Morgan fingerprint density at radius 1 is 0.967 bits per heavy atom. The molecule has 1 heterocycles. The maximum atomic E-state index is 12.4. The van der Waals surface area contributed by atoms with Gasteiger partial charge >= 0.3 is 0 Å². The molecule has 0 fully saturated rings. The molecule has 154 valence electrons. The van der Waals surface area contributed by atoms with Crippen LogP contribution in [0.5, 0.6) is 0 Å². The van der Waals surface area contributed by atoms with Gasteiger partial charge in [0.15, 0.2) is 0 Å². The average Bonchev–Trinajstić information content (AvgIpc) is 2.78. The van der Waals surface area contributed by atoms with Crippen molar-refractivity contribution in [2.45, 2.75) is 45.1 Å². The van der Waals surface area contributed by atoms with E-state index < -0.39 is 0 Å². The highest BCUT2D eigenvalue weighted by Crippen LogP contribution is 2.24. The van der Waals surface area contributed by atoms with Gasteiger partial charge in [-0.05, 0) is 60.9 Å². The average molecular weight is 399 g/mol. The zero-order valence-electron chi connectivity index (χ0n) is 17.6. The van der Waals surface area contributed by atoms with E-state index in [2.05, 4.69) is 53.6 Å². The monoisotopic (exact) mass is 398 g/mol. The van der Waals surface area contributed by atoms with Gasteiger partial charge in [0.2, 0.25) is 5.91 Å². The molecule has 2 aromatic carbocycles. The van der Waals surface area contributed by atoms with E-state index in [0.29, 0.717) is 12.8 Å². The fraction of sp³-hybridized carbons (Fsp3) is 0.259. The van der Waals surface area contributed by atoms with Crippen molar-refractivity contribution in [3.05, 3.63) is 108 Å². The first-order chi connectivity index (χ1) is 14.7. The molecule has 3 heteroatoms. The minimum atomic E-state index is 0.112. The lowest BCUT2D eigenvalue weighted by Crippen LogP contribution is -2.32. The van der Waals surface area contributed by atoms with Crippen LogP contribution in [0.25, 0.3) is 5.57 Å². The number of carbonyl (C=O) groups excluding carboxylic acids is 1. The third kappa shape index (κ3) is 7.00. The minimum Gasteiger partial charge on any atom is -0.354 e. The number of amides is 1. The van der Waals surface area contributed by atoms with Crippen molar-refractivity contribution < 1.29 is 4.79 Å². The van der Waals surface area contributed by atoms with E-state index in [9.17, 15) is 4.79 Å². The van der Waals surface area contributed by atoms with Crippen LogP contribution in [0.1, 0.15) is 49.3 Å². The number of carbonyl (C=O) groups is 1. The van der Waals surface area contributed by atoms with Gasteiger partial charge < -0.3 is 5.32 Å². The maximum Gasteiger partial charge on any atom is 0.220 e. The standard InChI is InChI=1S/C27H30N2O/c1-22(11-8-12-23-13-10-20-28-21-23)29-27(30)19-9-18-26(24-14-4-2-5-15-24)25-16-6-3-7-17-25/h2-7,10,13-18,20-22H,8-9,11-12,19H2,1H3,(H,29,30). The van der Waals surface area contributed by atoms with E-state index in [1.807, 2.05) is 48.7 Å². The van der Waals surface area contributed by atoms with E-state index in [4.69, 9.17) is 0 Å². The van der Waals surface area contributed by atoms with Gasteiger partial charge in [-0.3, -0.25) is 9.78 Å². The lowest BCUT2D eigenvalue weighted by molar-refractivity contribution is -0.121. The highest BCUT2D eigenvalue weighted by Gasteiger charge is 2.08. The van der Waals surface area contributed by atoms with Gasteiger partial charge in [0.1, 0.15) is 0 Å². The third-order valence-electron chi connectivity index (χ3n) is 5.12. The molecule has 0 spiro atoms. The number of rotatable bonds is 10. The summed E-state index contributed by atoms with van der Waals surface area (Å²) in [5.41, 5.74) is 4.77. The van der Waals surface area contributed by atoms with Gasteiger partial charge in [0.05, 0.1) is 0 Å². The van der Waals surface area contributed by atoms with Crippen molar-refractivity contribution in [3.8, 4) is 0 Å². The number of hydrogen-bond donors (Lipinski definition) is 1. The summed E-state index contributed by atoms with van der Waals surface area (Å²) in [7, 11) is 0. The molecule has 3 rings (SSSR count). The van der Waals surface area contributed by atoms with Gasteiger partial charge in [-0.15, -0.1) is 0 Å². The molecule has 1 N–H and O–H groups in total. The quantitative estimate of drug-likeness (QED) is 0.467. The van der Waals surface area contributed by atoms with Gasteiger partial charge in [-0.25, -0.2) is 0 Å². The number of hydrogen-bond acceptors (Lipinski definition) is 2. The SMILES string of the molecule is CC(CCCc1cccnc1)NC(=O)CCC=C(c1ccccc1)c1ccccc1. The van der Waals surface area contributed by atoms with Crippen LogP contribution < -0.4 is 5.32 Å². The number of nitrogens with one attached hydrogen (secondary N) is 1. The van der Waals surface area contributed by atoms with E-state index in [0.717, 1.165) is 19.3 Å². The largest absolute Gasteiger partial charge is 0.354 e. The first-order valence-corrected chi connectivity index (χ1v) is 10.7. The number of benzene rings is 2. The molecular formula is C27H30N2O. The normalized spacial score (nSPS) is 11.5. The Balaban J connectivity index is 1.49. The number of aromatic nitrogens is 1. The predicted molar refractivity (Wildman–Crippen MR) is 124 cm³/mol. The van der Waals surface area contributed by atoms with Crippen LogP contribution in [0.2, 0.25) is 0 Å². The van der Waals surface area contributed by atoms with Crippen LogP contribution in [-0.2, 0) is 11.2 Å². The summed E-state index contributed by atoms with van der Waals surface area (Å²) in [6, 6.07) is 24.9. The molecule has 3 aromatic rings. The second-order valence-electron chi connectivity index (χ2n) is 7.61. The molecule has 0 saturated heterocycles. The second kappa shape index (κ2) is 11.7. The molecule has 0 bridgehead atoms. The van der Waals surface area contributed by atoms with Gasteiger partial charge in [-0.2, -0.15) is 0 Å². The molecule has 30 heavy (non-hydrogen) atoms. The fourth-order valence-corrected chi connectivity index (χ4v) is 3.56. The zero-order valence-corrected chi connectivity index (χ0v) is 17.6. The molecule has 1 amide bonds. The van der Waals surface area contributed by atoms with Crippen molar-refractivity contribution in [1.29, 1.82) is 0 Å². The van der Waals surface area contributed by atoms with Crippen LogP contribution in [0.15, 0.2) is 91.3 Å². The lowest BCUT2D eigenvalue weighted by atomic mass is 9.96. The van der Waals surface area contributed by atoms with E-state index in [1.165, 1.54) is 22.3 Å². The van der Waals surface area contributed by atoms with Gasteiger partial charge in [0.25, 0.3) is 0 Å². The minimum absolute atomic E-state index is 0.112. The number of nitrogens with zero attached hydrogens (tertiary/aromatic N) is 1. The molecule has 0 saturated carbocycles. The molecule has 1 atom stereocenters. The molecule has 1 aromatic heterocycles. The van der Waals surface area contributed by atoms with Crippen LogP contribution in [0.4, 0.5) is 0 Å². The van der Waals surface area contributed by atoms with Gasteiger partial charge in [0, 0.05) is 24.9 Å². The highest BCUT2D eigenvalue weighted by molar-refractivity contribution is 5.81. The lowest BCUT2D eigenvalue weighted by Gasteiger charge is -2.14. The number of allylic oxidation sites excluding steroid dienone is 1. The molecule has 0 aliphatic carbocycles. The Kier molecular flexibility index (Phi) is 8.40. The zero-order chi connectivity index (χ0) is 21.0. The Hall–Kier alpha value is -3.20. The number of aryl methyl sites for hydroxylation is 1. The number of pyridine rings is 1. The Labute approximate surface area is 179 Å². The summed E-state index contributed by atoms with van der Waals surface area (Å²) in [4.78, 5) is 16.5. The summed E-state index contributed by atoms with van der Waals surface area (Å²) < 4.78 is 0. The van der Waals surface area contributed by atoms with Crippen LogP contribution in [0.3, 0.4) is 0 Å². The van der Waals surface area contributed by atoms with E-state index in [-0.39, 0.29) is 11.9 Å². The summed E-state index contributed by atoms with van der Waals surface area (Å²) in [5, 5.41) is 3.14. The van der Waals surface area contributed by atoms with Crippen LogP contribution in [-0.4, -0.2) is 16.9 Å². The smallest absolute Gasteiger partial charge is 0.220 e. The summed E-state index contributed by atoms with van der Waals surface area (Å²) in [6.07, 6.45) is 10.1. The Bertz CT molecular complexity index is 879. The van der Waals surface area contributed by atoms with Crippen LogP contribution in [0, 0.1) is 0 Å². The third-order valence-corrected chi connectivity index (χ3v) is 5.12. The summed E-state index contributed by atoms with van der Waals surface area (Å²) in [5.74, 6) is 0.112. The van der Waals surface area contributed by atoms with Crippen LogP contribution >= 0.6 is 0 Å². The first kappa shape index (κ1) is 21.5. The van der Waals surface area contributed by atoms with Gasteiger partial charge in [-0.1, -0.05) is 72.8 Å². The Morgan fingerprint density at radius 2 is 1.63 bits per heavy atom. The van der Waals surface area contributed by atoms with Crippen molar-refractivity contribution in [2.75, 3.05) is 0 Å².